The number of carboxylic acids is 3. The largest absolute Gasteiger partial charge is 0.481 e. The Bertz CT molecular complexity index is 1210. The summed E-state index contributed by atoms with van der Waals surface area (Å²) in [6.45, 7) is 0. The van der Waals surface area contributed by atoms with Crippen molar-refractivity contribution in [3.05, 3.63) is 108 Å². The second-order valence-electron chi connectivity index (χ2n) is 8.60. The SMILES string of the molecule is O=C(O)Cc1ccc(-c2cc(-c3ccc(CC(=O)O)cc3)cc(-c3ccc(CC(=O)O)cc3)c2)cc1. The van der Waals surface area contributed by atoms with Gasteiger partial charge in [-0.1, -0.05) is 72.8 Å². The number of rotatable bonds is 9. The van der Waals surface area contributed by atoms with Gasteiger partial charge in [0.2, 0.25) is 0 Å². The first kappa shape index (κ1) is 24.4. The van der Waals surface area contributed by atoms with Crippen molar-refractivity contribution in [1.29, 1.82) is 0 Å². The normalized spacial score (nSPS) is 10.7. The molecule has 0 saturated carbocycles. The summed E-state index contributed by atoms with van der Waals surface area (Å²) in [5.41, 5.74) is 7.74. The highest BCUT2D eigenvalue weighted by Gasteiger charge is 2.10. The molecule has 0 radical (unpaired) electrons. The molecular formula is C30H24O6. The first-order valence-corrected chi connectivity index (χ1v) is 11.4. The van der Waals surface area contributed by atoms with E-state index in [4.69, 9.17) is 15.3 Å². The van der Waals surface area contributed by atoms with Gasteiger partial charge in [0.25, 0.3) is 0 Å². The highest BCUT2D eigenvalue weighted by Crippen LogP contribution is 2.33. The zero-order chi connectivity index (χ0) is 25.7. The van der Waals surface area contributed by atoms with Gasteiger partial charge in [-0.25, -0.2) is 0 Å². The van der Waals surface area contributed by atoms with Crippen LogP contribution in [0.2, 0.25) is 0 Å². The molecule has 0 aliphatic heterocycles. The number of aliphatic carboxylic acids is 3. The van der Waals surface area contributed by atoms with Crippen LogP contribution in [0.1, 0.15) is 16.7 Å². The first-order valence-electron chi connectivity index (χ1n) is 11.4. The minimum Gasteiger partial charge on any atom is -0.481 e. The minimum absolute atomic E-state index is 0.0447. The Morgan fingerprint density at radius 3 is 0.806 bits per heavy atom. The molecule has 0 unspecified atom stereocenters. The lowest BCUT2D eigenvalue weighted by atomic mass is 9.92. The minimum atomic E-state index is -0.885. The van der Waals surface area contributed by atoms with E-state index in [1.54, 1.807) is 36.4 Å². The predicted octanol–water partition coefficient (Wildman–Crippen LogP) is 5.57. The van der Waals surface area contributed by atoms with Crippen LogP contribution in [-0.2, 0) is 33.6 Å². The zero-order valence-corrected chi connectivity index (χ0v) is 19.3. The van der Waals surface area contributed by atoms with Gasteiger partial charge in [0, 0.05) is 0 Å². The third-order valence-corrected chi connectivity index (χ3v) is 5.86. The summed E-state index contributed by atoms with van der Waals surface area (Å²) in [5, 5.41) is 27.1. The number of hydrogen-bond donors (Lipinski definition) is 3. The van der Waals surface area contributed by atoms with E-state index < -0.39 is 17.9 Å². The van der Waals surface area contributed by atoms with Crippen molar-refractivity contribution < 1.29 is 29.7 Å². The lowest BCUT2D eigenvalue weighted by molar-refractivity contribution is -0.137. The molecule has 4 rings (SSSR count). The molecule has 6 nitrogen and oxygen atoms in total. The van der Waals surface area contributed by atoms with E-state index >= 15 is 0 Å². The van der Waals surface area contributed by atoms with Gasteiger partial charge in [-0.2, -0.15) is 0 Å². The molecular weight excluding hydrogens is 456 g/mol. The molecule has 0 spiro atoms. The van der Waals surface area contributed by atoms with E-state index in [1.165, 1.54) is 0 Å². The van der Waals surface area contributed by atoms with E-state index in [0.717, 1.165) is 33.4 Å². The molecule has 36 heavy (non-hydrogen) atoms. The molecule has 0 aliphatic carbocycles. The van der Waals surface area contributed by atoms with Crippen LogP contribution in [0, 0.1) is 0 Å². The molecule has 0 heterocycles. The fourth-order valence-electron chi connectivity index (χ4n) is 4.10. The zero-order valence-electron chi connectivity index (χ0n) is 19.3. The number of hydrogen-bond acceptors (Lipinski definition) is 3. The average molecular weight is 481 g/mol. The van der Waals surface area contributed by atoms with Crippen molar-refractivity contribution in [3.63, 3.8) is 0 Å². The Morgan fingerprint density at radius 1 is 0.389 bits per heavy atom. The highest BCUT2D eigenvalue weighted by atomic mass is 16.4. The maximum atomic E-state index is 11.0. The quantitative estimate of drug-likeness (QED) is 0.289. The van der Waals surface area contributed by atoms with Crippen LogP contribution in [-0.4, -0.2) is 33.2 Å². The Hall–Kier alpha value is -4.71. The van der Waals surface area contributed by atoms with Crippen LogP contribution in [0.3, 0.4) is 0 Å². The van der Waals surface area contributed by atoms with Gasteiger partial charge >= 0.3 is 17.9 Å². The fraction of sp³-hybridized carbons (Fsp3) is 0.100. The number of carbonyl (C=O) groups is 3. The summed E-state index contributed by atoms with van der Waals surface area (Å²) in [6.07, 6.45) is -0.134. The standard InChI is InChI=1S/C30H24O6/c31-28(32)13-19-1-7-22(8-2-19)25-16-26(23-9-3-20(4-10-23)14-29(33)34)18-27(17-25)24-11-5-21(6-12-24)15-30(35)36/h1-12,16-18H,13-15H2,(H,31,32)(H,33,34)(H,35,36). The summed E-state index contributed by atoms with van der Waals surface area (Å²) in [7, 11) is 0. The summed E-state index contributed by atoms with van der Waals surface area (Å²) in [4.78, 5) is 33.1. The van der Waals surface area contributed by atoms with Crippen LogP contribution >= 0.6 is 0 Å². The van der Waals surface area contributed by atoms with Gasteiger partial charge < -0.3 is 15.3 Å². The van der Waals surface area contributed by atoms with E-state index in [1.807, 2.05) is 54.6 Å². The fourth-order valence-corrected chi connectivity index (χ4v) is 4.10. The van der Waals surface area contributed by atoms with Gasteiger partial charge in [-0.3, -0.25) is 14.4 Å². The van der Waals surface area contributed by atoms with E-state index in [2.05, 4.69) is 0 Å². The van der Waals surface area contributed by atoms with Crippen molar-refractivity contribution in [3.8, 4) is 33.4 Å². The number of carboxylic acid groups (broad SMARTS) is 3. The molecule has 0 aliphatic rings. The second kappa shape index (κ2) is 10.7. The molecule has 0 saturated heterocycles. The maximum Gasteiger partial charge on any atom is 0.307 e. The van der Waals surface area contributed by atoms with Crippen molar-refractivity contribution >= 4 is 17.9 Å². The molecule has 0 atom stereocenters. The second-order valence-corrected chi connectivity index (χ2v) is 8.60. The molecule has 0 amide bonds. The molecule has 0 aromatic heterocycles. The van der Waals surface area contributed by atoms with Crippen molar-refractivity contribution in [1.82, 2.24) is 0 Å². The van der Waals surface area contributed by atoms with Gasteiger partial charge in [0.15, 0.2) is 0 Å². The molecule has 3 N–H and O–H groups in total. The van der Waals surface area contributed by atoms with E-state index in [0.29, 0.717) is 16.7 Å². The topological polar surface area (TPSA) is 112 Å². The van der Waals surface area contributed by atoms with Crippen LogP contribution in [0.4, 0.5) is 0 Å². The van der Waals surface area contributed by atoms with Gasteiger partial charge in [0.1, 0.15) is 0 Å². The third-order valence-electron chi connectivity index (χ3n) is 5.86. The lowest BCUT2D eigenvalue weighted by Crippen LogP contribution is -1.99. The molecule has 0 bridgehead atoms. The maximum absolute atomic E-state index is 11.0. The Labute approximate surface area is 208 Å². The molecule has 180 valence electrons. The molecule has 4 aromatic rings. The Balaban J connectivity index is 1.76. The summed E-state index contributed by atoms with van der Waals surface area (Å²) in [5.74, 6) is -2.65. The first-order chi connectivity index (χ1) is 17.3. The third kappa shape index (κ3) is 6.24. The predicted molar refractivity (Wildman–Crippen MR) is 137 cm³/mol. The number of benzene rings is 4. The van der Waals surface area contributed by atoms with Crippen molar-refractivity contribution in [2.45, 2.75) is 19.3 Å². The van der Waals surface area contributed by atoms with Crippen molar-refractivity contribution in [2.24, 2.45) is 0 Å². The Morgan fingerprint density at radius 2 is 0.611 bits per heavy atom. The smallest absolute Gasteiger partial charge is 0.307 e. The van der Waals surface area contributed by atoms with Gasteiger partial charge in [-0.05, 0) is 68.3 Å². The summed E-state index contributed by atoms with van der Waals surface area (Å²) < 4.78 is 0. The van der Waals surface area contributed by atoms with Crippen LogP contribution in [0.5, 0.6) is 0 Å². The van der Waals surface area contributed by atoms with Gasteiger partial charge in [0.05, 0.1) is 19.3 Å². The van der Waals surface area contributed by atoms with E-state index in [9.17, 15) is 14.4 Å². The Kier molecular flexibility index (Phi) is 7.25. The highest BCUT2D eigenvalue weighted by molar-refractivity contribution is 5.82. The van der Waals surface area contributed by atoms with Crippen LogP contribution in [0.25, 0.3) is 33.4 Å². The lowest BCUT2D eigenvalue weighted by Gasteiger charge is -2.12. The average Bonchev–Trinajstić information content (AvgIpc) is 2.84. The van der Waals surface area contributed by atoms with Crippen molar-refractivity contribution in [2.75, 3.05) is 0 Å². The molecule has 6 heteroatoms. The van der Waals surface area contributed by atoms with E-state index in [-0.39, 0.29) is 19.3 Å². The summed E-state index contributed by atoms with van der Waals surface area (Å²) in [6, 6.07) is 28.3. The molecule has 4 aromatic carbocycles. The van der Waals surface area contributed by atoms with Gasteiger partial charge in [-0.15, -0.1) is 0 Å². The monoisotopic (exact) mass is 480 g/mol. The van der Waals surface area contributed by atoms with Crippen LogP contribution < -0.4 is 0 Å². The molecule has 0 fully saturated rings. The van der Waals surface area contributed by atoms with Crippen LogP contribution in [0.15, 0.2) is 91.0 Å². The summed E-state index contributed by atoms with van der Waals surface area (Å²) >= 11 is 0.